The van der Waals surface area contributed by atoms with E-state index in [1.54, 1.807) is 7.11 Å². The number of amides is 2. The van der Waals surface area contributed by atoms with E-state index in [9.17, 15) is 9.59 Å². The van der Waals surface area contributed by atoms with Crippen molar-refractivity contribution in [2.24, 2.45) is 0 Å². The second-order valence-corrected chi connectivity index (χ2v) is 6.97. The van der Waals surface area contributed by atoms with Gasteiger partial charge in [-0.15, -0.1) is 0 Å². The van der Waals surface area contributed by atoms with Gasteiger partial charge < -0.3 is 9.47 Å². The van der Waals surface area contributed by atoms with E-state index in [4.69, 9.17) is 9.47 Å². The van der Waals surface area contributed by atoms with Gasteiger partial charge in [0.05, 0.1) is 7.11 Å². The summed E-state index contributed by atoms with van der Waals surface area (Å²) in [6, 6.07) is 25.2. The number of benzene rings is 3. The van der Waals surface area contributed by atoms with Crippen LogP contribution < -0.4 is 20.3 Å². The van der Waals surface area contributed by atoms with Gasteiger partial charge in [-0.3, -0.25) is 20.4 Å². The maximum Gasteiger partial charge on any atom is 0.276 e. The monoisotopic (exact) mass is 418 g/mol. The van der Waals surface area contributed by atoms with Crippen LogP contribution in [0, 0.1) is 0 Å². The van der Waals surface area contributed by atoms with Crippen LogP contribution in [0.2, 0.25) is 0 Å². The highest BCUT2D eigenvalue weighted by atomic mass is 16.5. The number of aryl methyl sites for hydroxylation is 1. The molecule has 3 rings (SSSR count). The second-order valence-electron chi connectivity index (χ2n) is 6.97. The number of hydrogen-bond donors (Lipinski definition) is 2. The molecule has 0 atom stereocenters. The summed E-state index contributed by atoms with van der Waals surface area (Å²) in [5.41, 5.74) is 7.89. The molecule has 0 aliphatic heterocycles. The van der Waals surface area contributed by atoms with Crippen LogP contribution in [0.25, 0.3) is 0 Å². The van der Waals surface area contributed by atoms with Crippen molar-refractivity contribution in [2.75, 3.05) is 13.7 Å². The number of ether oxygens (including phenoxy) is 2. The van der Waals surface area contributed by atoms with E-state index in [1.165, 1.54) is 0 Å². The summed E-state index contributed by atoms with van der Waals surface area (Å²) in [4.78, 5) is 24.1. The fraction of sp³-hybridized carbons (Fsp3) is 0.200. The molecule has 3 aromatic rings. The molecule has 0 unspecified atom stereocenters. The topological polar surface area (TPSA) is 76.7 Å². The van der Waals surface area contributed by atoms with Gasteiger partial charge in [0.2, 0.25) is 5.91 Å². The molecular weight excluding hydrogens is 392 g/mol. The van der Waals surface area contributed by atoms with E-state index in [1.807, 2.05) is 78.9 Å². The van der Waals surface area contributed by atoms with E-state index in [0.717, 1.165) is 22.4 Å². The third-order valence-corrected chi connectivity index (χ3v) is 4.72. The Bertz CT molecular complexity index is 1010. The molecule has 0 aromatic heterocycles. The molecule has 2 N–H and O–H groups in total. The fourth-order valence-corrected chi connectivity index (χ4v) is 3.15. The lowest BCUT2D eigenvalue weighted by atomic mass is 10.0. The zero-order chi connectivity index (χ0) is 21.9. The van der Waals surface area contributed by atoms with Crippen LogP contribution >= 0.6 is 0 Å². The molecule has 160 valence electrons. The van der Waals surface area contributed by atoms with E-state index < -0.39 is 5.91 Å². The average Bonchev–Trinajstić information content (AvgIpc) is 2.81. The molecule has 6 heteroatoms. The SMILES string of the molecule is COc1ccccc1CCC(=O)NNC(=O)COc1ccccc1Cc1ccccc1. The minimum atomic E-state index is -0.430. The summed E-state index contributed by atoms with van der Waals surface area (Å²) in [6.45, 7) is -0.196. The fourth-order valence-electron chi connectivity index (χ4n) is 3.15. The standard InChI is InChI=1S/C25H26N2O4/c1-30-22-13-7-5-11-20(22)15-16-24(28)26-27-25(29)18-31-23-14-8-6-12-21(23)17-19-9-3-2-4-10-19/h2-14H,15-18H2,1H3,(H,26,28)(H,27,29). The molecule has 0 aliphatic carbocycles. The number of rotatable bonds is 9. The van der Waals surface area contributed by atoms with Gasteiger partial charge in [0.1, 0.15) is 11.5 Å². The molecular formula is C25H26N2O4. The molecule has 0 heterocycles. The Kier molecular flexibility index (Phi) is 8.05. The first-order valence-corrected chi connectivity index (χ1v) is 10.1. The minimum absolute atomic E-state index is 0.196. The van der Waals surface area contributed by atoms with E-state index in [0.29, 0.717) is 18.6 Å². The summed E-state index contributed by atoms with van der Waals surface area (Å²) >= 11 is 0. The zero-order valence-electron chi connectivity index (χ0n) is 17.5. The van der Waals surface area contributed by atoms with Gasteiger partial charge in [0.25, 0.3) is 5.91 Å². The van der Waals surface area contributed by atoms with Gasteiger partial charge in [-0.25, -0.2) is 0 Å². The average molecular weight is 418 g/mol. The summed E-state index contributed by atoms with van der Waals surface area (Å²) in [5, 5.41) is 0. The van der Waals surface area contributed by atoms with Crippen molar-refractivity contribution in [3.05, 3.63) is 95.6 Å². The highest BCUT2D eigenvalue weighted by Crippen LogP contribution is 2.21. The molecule has 31 heavy (non-hydrogen) atoms. The van der Waals surface area contributed by atoms with Crippen LogP contribution in [-0.4, -0.2) is 25.5 Å². The van der Waals surface area contributed by atoms with Crippen molar-refractivity contribution in [1.82, 2.24) is 10.9 Å². The van der Waals surface area contributed by atoms with Crippen molar-refractivity contribution in [3.63, 3.8) is 0 Å². The Morgan fingerprint density at radius 3 is 2.10 bits per heavy atom. The lowest BCUT2D eigenvalue weighted by Crippen LogP contribution is -2.43. The van der Waals surface area contributed by atoms with Crippen molar-refractivity contribution < 1.29 is 19.1 Å². The van der Waals surface area contributed by atoms with Gasteiger partial charge in [-0.05, 0) is 35.2 Å². The Labute approximate surface area is 182 Å². The van der Waals surface area contributed by atoms with Crippen LogP contribution in [0.4, 0.5) is 0 Å². The van der Waals surface area contributed by atoms with Crippen LogP contribution in [0.5, 0.6) is 11.5 Å². The molecule has 0 aliphatic rings. The quantitative estimate of drug-likeness (QED) is 0.522. The summed E-state index contributed by atoms with van der Waals surface area (Å²) < 4.78 is 11.0. The molecule has 0 spiro atoms. The highest BCUT2D eigenvalue weighted by Gasteiger charge is 2.10. The summed E-state index contributed by atoms with van der Waals surface area (Å²) in [7, 11) is 1.59. The molecule has 0 saturated heterocycles. The third kappa shape index (κ3) is 6.89. The molecule has 0 radical (unpaired) electrons. The maximum absolute atomic E-state index is 12.1. The maximum atomic E-state index is 12.1. The minimum Gasteiger partial charge on any atom is -0.496 e. The van der Waals surface area contributed by atoms with Crippen LogP contribution in [0.3, 0.4) is 0 Å². The summed E-state index contributed by atoms with van der Waals surface area (Å²) in [6.07, 6.45) is 1.44. The highest BCUT2D eigenvalue weighted by molar-refractivity contribution is 5.82. The van der Waals surface area contributed by atoms with Gasteiger partial charge >= 0.3 is 0 Å². The normalized spacial score (nSPS) is 10.2. The van der Waals surface area contributed by atoms with Crippen molar-refractivity contribution >= 4 is 11.8 Å². The summed E-state index contributed by atoms with van der Waals surface area (Å²) in [5.74, 6) is 0.662. The van der Waals surface area contributed by atoms with E-state index >= 15 is 0 Å². The number of hydrogen-bond acceptors (Lipinski definition) is 4. The molecule has 0 bridgehead atoms. The van der Waals surface area contributed by atoms with E-state index in [2.05, 4.69) is 10.9 Å². The molecule has 3 aromatic carbocycles. The zero-order valence-corrected chi connectivity index (χ0v) is 17.5. The van der Waals surface area contributed by atoms with Gasteiger partial charge in [0, 0.05) is 12.8 Å². The lowest BCUT2D eigenvalue weighted by molar-refractivity contribution is -0.130. The number of hydrazine groups is 1. The number of para-hydroxylation sites is 2. The smallest absolute Gasteiger partial charge is 0.276 e. The van der Waals surface area contributed by atoms with Gasteiger partial charge in [-0.2, -0.15) is 0 Å². The molecule has 0 fully saturated rings. The first kappa shape index (κ1) is 21.9. The number of methoxy groups -OCH3 is 1. The number of nitrogens with one attached hydrogen (secondary N) is 2. The second kappa shape index (κ2) is 11.4. The Hall–Kier alpha value is -3.80. The molecule has 6 nitrogen and oxygen atoms in total. The van der Waals surface area contributed by atoms with Crippen LogP contribution in [0.1, 0.15) is 23.1 Å². The molecule has 0 saturated carbocycles. The Morgan fingerprint density at radius 1 is 0.742 bits per heavy atom. The largest absolute Gasteiger partial charge is 0.496 e. The molecule has 2 amide bonds. The predicted molar refractivity (Wildman–Crippen MR) is 119 cm³/mol. The van der Waals surface area contributed by atoms with Crippen molar-refractivity contribution in [3.8, 4) is 11.5 Å². The number of carbonyl (C=O) groups excluding carboxylic acids is 2. The third-order valence-electron chi connectivity index (χ3n) is 4.72. The van der Waals surface area contributed by atoms with Crippen LogP contribution in [-0.2, 0) is 22.4 Å². The predicted octanol–water partition coefficient (Wildman–Crippen LogP) is 3.45. The number of carbonyl (C=O) groups is 2. The van der Waals surface area contributed by atoms with Gasteiger partial charge in [0.15, 0.2) is 6.61 Å². The lowest BCUT2D eigenvalue weighted by Gasteiger charge is -2.12. The van der Waals surface area contributed by atoms with Crippen molar-refractivity contribution in [1.29, 1.82) is 0 Å². The Morgan fingerprint density at radius 2 is 1.35 bits per heavy atom. The van der Waals surface area contributed by atoms with Crippen molar-refractivity contribution in [2.45, 2.75) is 19.3 Å². The Balaban J connectivity index is 1.44. The first-order valence-electron chi connectivity index (χ1n) is 10.1. The first-order chi connectivity index (χ1) is 15.2. The van der Waals surface area contributed by atoms with E-state index in [-0.39, 0.29) is 18.9 Å². The van der Waals surface area contributed by atoms with Crippen LogP contribution in [0.15, 0.2) is 78.9 Å². The van der Waals surface area contributed by atoms with Gasteiger partial charge in [-0.1, -0.05) is 66.7 Å².